The highest BCUT2D eigenvalue weighted by molar-refractivity contribution is 5.85. The van der Waals surface area contributed by atoms with E-state index < -0.39 is 0 Å². The quantitative estimate of drug-likeness (QED) is 0.819. The smallest absolute Gasteiger partial charge is 0.0588 e. The van der Waals surface area contributed by atoms with Gasteiger partial charge in [0.1, 0.15) is 0 Å². The molecule has 0 radical (unpaired) electrons. The summed E-state index contributed by atoms with van der Waals surface area (Å²) < 4.78 is 5.66. The predicted molar refractivity (Wildman–Crippen MR) is 73.9 cm³/mol. The summed E-state index contributed by atoms with van der Waals surface area (Å²) in [6, 6.07) is 0. The van der Waals surface area contributed by atoms with Crippen LogP contribution in [0.5, 0.6) is 0 Å². The number of rotatable bonds is 5. The molecule has 0 aromatic carbocycles. The van der Waals surface area contributed by atoms with Crippen molar-refractivity contribution in [2.75, 3.05) is 39.8 Å². The minimum absolute atomic E-state index is 0. The molecule has 0 aliphatic carbocycles. The zero-order chi connectivity index (χ0) is 11.2. The van der Waals surface area contributed by atoms with Crippen LogP contribution in [-0.2, 0) is 4.74 Å². The average molecular weight is 263 g/mol. The van der Waals surface area contributed by atoms with E-state index in [4.69, 9.17) is 4.74 Å². The lowest BCUT2D eigenvalue weighted by atomic mass is 9.97. The number of hydrogen-bond acceptors (Lipinski definition) is 3. The Morgan fingerprint density at radius 1 is 1.24 bits per heavy atom. The van der Waals surface area contributed by atoms with E-state index in [1.165, 1.54) is 58.3 Å². The fourth-order valence-corrected chi connectivity index (χ4v) is 2.83. The maximum absolute atomic E-state index is 5.66. The predicted octanol–water partition coefficient (Wildman–Crippen LogP) is 1.91. The molecular weight excluding hydrogens is 236 g/mol. The monoisotopic (exact) mass is 262 g/mol. The molecule has 2 aliphatic rings. The third-order valence-corrected chi connectivity index (χ3v) is 3.89. The van der Waals surface area contributed by atoms with Crippen molar-refractivity contribution in [3.63, 3.8) is 0 Å². The van der Waals surface area contributed by atoms with E-state index in [9.17, 15) is 0 Å². The van der Waals surface area contributed by atoms with Gasteiger partial charge in [-0.1, -0.05) is 0 Å². The van der Waals surface area contributed by atoms with E-state index in [1.807, 2.05) is 0 Å². The number of hydrogen-bond donors (Lipinski definition) is 1. The van der Waals surface area contributed by atoms with Gasteiger partial charge in [0.15, 0.2) is 0 Å². The summed E-state index contributed by atoms with van der Waals surface area (Å²) in [5, 5.41) is 3.43. The van der Waals surface area contributed by atoms with Crippen LogP contribution in [0.2, 0.25) is 0 Å². The van der Waals surface area contributed by atoms with E-state index in [0.717, 1.165) is 12.5 Å². The van der Waals surface area contributed by atoms with Crippen LogP contribution in [0.4, 0.5) is 0 Å². The molecule has 102 valence electrons. The molecule has 2 rings (SSSR count). The van der Waals surface area contributed by atoms with Crippen molar-refractivity contribution < 1.29 is 4.74 Å². The van der Waals surface area contributed by atoms with Crippen molar-refractivity contribution in [3.8, 4) is 0 Å². The highest BCUT2D eigenvalue weighted by Gasteiger charge is 2.18. The Labute approximate surface area is 112 Å². The SMILES string of the molecule is CN(CCC1CCCO1)CC1CCNCC1.Cl. The standard InChI is InChI=1S/C13H26N2O.ClH/c1-15(9-6-13-3-2-10-16-13)11-12-4-7-14-8-5-12;/h12-14H,2-11H2,1H3;1H. The number of halogens is 1. The number of nitrogens with zero attached hydrogens (tertiary/aromatic N) is 1. The lowest BCUT2D eigenvalue weighted by Crippen LogP contribution is -2.35. The van der Waals surface area contributed by atoms with Gasteiger partial charge in [-0.25, -0.2) is 0 Å². The highest BCUT2D eigenvalue weighted by atomic mass is 35.5. The van der Waals surface area contributed by atoms with Crippen molar-refractivity contribution >= 4 is 12.4 Å². The maximum atomic E-state index is 5.66. The molecule has 0 bridgehead atoms. The second kappa shape index (κ2) is 8.30. The third-order valence-electron chi connectivity index (χ3n) is 3.89. The summed E-state index contributed by atoms with van der Waals surface area (Å²) in [6.45, 7) is 5.89. The summed E-state index contributed by atoms with van der Waals surface area (Å²) in [7, 11) is 2.26. The summed E-state index contributed by atoms with van der Waals surface area (Å²) in [5.41, 5.74) is 0. The second-order valence-electron chi connectivity index (χ2n) is 5.38. The zero-order valence-electron chi connectivity index (χ0n) is 11.0. The van der Waals surface area contributed by atoms with Crippen LogP contribution in [0.3, 0.4) is 0 Å². The van der Waals surface area contributed by atoms with Crippen LogP contribution in [0, 0.1) is 5.92 Å². The van der Waals surface area contributed by atoms with Crippen molar-refractivity contribution in [2.24, 2.45) is 5.92 Å². The topological polar surface area (TPSA) is 24.5 Å². The first kappa shape index (κ1) is 15.2. The molecule has 17 heavy (non-hydrogen) atoms. The van der Waals surface area contributed by atoms with Crippen LogP contribution >= 0.6 is 12.4 Å². The lowest BCUT2D eigenvalue weighted by molar-refractivity contribution is 0.0924. The van der Waals surface area contributed by atoms with Gasteiger partial charge in [-0.05, 0) is 58.2 Å². The molecule has 2 fully saturated rings. The molecule has 0 amide bonds. The fraction of sp³-hybridized carbons (Fsp3) is 1.00. The molecule has 2 heterocycles. The maximum Gasteiger partial charge on any atom is 0.0588 e. The van der Waals surface area contributed by atoms with Gasteiger partial charge < -0.3 is 15.0 Å². The molecule has 0 spiro atoms. The number of ether oxygens (including phenoxy) is 1. The van der Waals surface area contributed by atoms with E-state index in [1.54, 1.807) is 0 Å². The van der Waals surface area contributed by atoms with E-state index in [2.05, 4.69) is 17.3 Å². The Kier molecular flexibility index (Phi) is 7.44. The molecule has 1 atom stereocenters. The molecule has 0 saturated carbocycles. The normalized spacial score (nSPS) is 26.1. The molecule has 1 unspecified atom stereocenters. The van der Waals surface area contributed by atoms with Gasteiger partial charge in [0.2, 0.25) is 0 Å². The Balaban J connectivity index is 0.00000144. The van der Waals surface area contributed by atoms with E-state index in [-0.39, 0.29) is 12.4 Å². The number of nitrogens with one attached hydrogen (secondary N) is 1. The molecule has 3 nitrogen and oxygen atoms in total. The molecule has 4 heteroatoms. The zero-order valence-corrected chi connectivity index (χ0v) is 11.8. The van der Waals surface area contributed by atoms with Crippen molar-refractivity contribution in [2.45, 2.75) is 38.2 Å². The van der Waals surface area contributed by atoms with Gasteiger partial charge >= 0.3 is 0 Å². The Bertz CT molecular complexity index is 192. The molecule has 0 aromatic rings. The van der Waals surface area contributed by atoms with Gasteiger partial charge in [0.05, 0.1) is 6.10 Å². The summed E-state index contributed by atoms with van der Waals surface area (Å²) in [4.78, 5) is 2.50. The Hall–Kier alpha value is 0.170. The van der Waals surface area contributed by atoms with Crippen LogP contribution in [0.15, 0.2) is 0 Å². The van der Waals surface area contributed by atoms with Gasteiger partial charge in [-0.15, -0.1) is 12.4 Å². The minimum atomic E-state index is 0. The second-order valence-corrected chi connectivity index (χ2v) is 5.38. The summed E-state index contributed by atoms with van der Waals surface area (Å²) >= 11 is 0. The molecule has 1 N–H and O–H groups in total. The first-order valence-electron chi connectivity index (χ1n) is 6.85. The van der Waals surface area contributed by atoms with Crippen LogP contribution < -0.4 is 5.32 Å². The third kappa shape index (κ3) is 5.56. The lowest BCUT2D eigenvalue weighted by Gasteiger charge is -2.28. The van der Waals surface area contributed by atoms with Gasteiger partial charge in [-0.2, -0.15) is 0 Å². The van der Waals surface area contributed by atoms with Gasteiger partial charge in [0.25, 0.3) is 0 Å². The molecule has 2 aliphatic heterocycles. The first-order valence-corrected chi connectivity index (χ1v) is 6.85. The largest absolute Gasteiger partial charge is 0.378 e. The van der Waals surface area contributed by atoms with Gasteiger partial charge in [-0.3, -0.25) is 0 Å². The van der Waals surface area contributed by atoms with E-state index in [0.29, 0.717) is 6.10 Å². The average Bonchev–Trinajstić information content (AvgIpc) is 2.81. The van der Waals surface area contributed by atoms with Crippen molar-refractivity contribution in [3.05, 3.63) is 0 Å². The van der Waals surface area contributed by atoms with E-state index >= 15 is 0 Å². The minimum Gasteiger partial charge on any atom is -0.378 e. The molecule has 2 saturated heterocycles. The number of piperidine rings is 1. The van der Waals surface area contributed by atoms with Crippen LogP contribution in [0.1, 0.15) is 32.1 Å². The van der Waals surface area contributed by atoms with Crippen molar-refractivity contribution in [1.82, 2.24) is 10.2 Å². The van der Waals surface area contributed by atoms with Gasteiger partial charge in [0, 0.05) is 19.7 Å². The fourth-order valence-electron chi connectivity index (χ4n) is 2.83. The Morgan fingerprint density at radius 2 is 2.00 bits per heavy atom. The first-order chi connectivity index (χ1) is 7.84. The molecular formula is C13H27ClN2O. The molecule has 0 aromatic heterocycles. The van der Waals surface area contributed by atoms with Crippen molar-refractivity contribution in [1.29, 1.82) is 0 Å². The Morgan fingerprint density at radius 3 is 2.65 bits per heavy atom. The van der Waals surface area contributed by atoms with Crippen LogP contribution in [-0.4, -0.2) is 50.8 Å². The summed E-state index contributed by atoms with van der Waals surface area (Å²) in [5.74, 6) is 0.913. The summed E-state index contributed by atoms with van der Waals surface area (Å²) in [6.07, 6.45) is 7.02. The van der Waals surface area contributed by atoms with Crippen LogP contribution in [0.25, 0.3) is 0 Å². The highest BCUT2D eigenvalue weighted by Crippen LogP contribution is 2.17.